The van der Waals surface area contributed by atoms with Crippen molar-refractivity contribution in [2.45, 2.75) is 57.0 Å². The van der Waals surface area contributed by atoms with Gasteiger partial charge in [0.15, 0.2) is 0 Å². The lowest BCUT2D eigenvalue weighted by atomic mass is 9.82. The van der Waals surface area contributed by atoms with Crippen LogP contribution in [0.25, 0.3) is 0 Å². The summed E-state index contributed by atoms with van der Waals surface area (Å²) in [5.74, 6) is -0.615. The molecular weight excluding hydrogens is 562 g/mol. The van der Waals surface area contributed by atoms with Gasteiger partial charge in [0.1, 0.15) is 12.6 Å². The Labute approximate surface area is 241 Å². The first-order valence-corrected chi connectivity index (χ1v) is 14.9. The Hall–Kier alpha value is -2.60. The maximum atomic E-state index is 14.2. The van der Waals surface area contributed by atoms with E-state index in [2.05, 4.69) is 15.5 Å². The Morgan fingerprint density at radius 2 is 1.93 bits per heavy atom. The molecule has 216 valence electrons. The number of carbonyl (C=O) groups is 3. The number of carbonyl (C=O) groups excluding carboxylic acids is 3. The number of hydrogen-bond acceptors (Lipinski definition) is 6. The van der Waals surface area contributed by atoms with Gasteiger partial charge in [-0.3, -0.25) is 19.3 Å². The molecule has 2 aromatic rings. The van der Waals surface area contributed by atoms with E-state index in [0.717, 1.165) is 56.4 Å². The third-order valence-corrected chi connectivity index (χ3v) is 9.25. The topological polar surface area (TPSA) is 91.0 Å². The number of nitrogens with zero attached hydrogens (tertiary/aromatic N) is 2. The van der Waals surface area contributed by atoms with Crippen molar-refractivity contribution in [3.05, 3.63) is 45.1 Å². The van der Waals surface area contributed by atoms with E-state index < -0.39 is 18.4 Å². The summed E-state index contributed by atoms with van der Waals surface area (Å²) in [7, 11) is 0. The quantitative estimate of drug-likeness (QED) is 0.378. The Bertz CT molecular complexity index is 1240. The molecule has 12 heteroatoms. The zero-order chi connectivity index (χ0) is 28.2. The number of ether oxygens (including phenoxy) is 1. The van der Waals surface area contributed by atoms with Crippen LogP contribution in [0.2, 0.25) is 4.34 Å². The van der Waals surface area contributed by atoms with E-state index in [1.54, 1.807) is 18.2 Å². The Morgan fingerprint density at radius 1 is 1.15 bits per heavy atom. The fourth-order valence-electron chi connectivity index (χ4n) is 5.32. The highest BCUT2D eigenvalue weighted by molar-refractivity contribution is 7.18. The number of nitrogens with one attached hydrogen (secondary N) is 2. The van der Waals surface area contributed by atoms with Crippen LogP contribution in [0.4, 0.5) is 20.2 Å². The first-order chi connectivity index (χ1) is 19.3. The van der Waals surface area contributed by atoms with Gasteiger partial charge in [-0.15, -0.1) is 11.3 Å². The van der Waals surface area contributed by atoms with Crippen LogP contribution in [0, 0.1) is 5.92 Å². The molecule has 1 atom stereocenters. The predicted molar refractivity (Wildman–Crippen MR) is 150 cm³/mol. The van der Waals surface area contributed by atoms with Gasteiger partial charge in [-0.2, -0.15) is 0 Å². The summed E-state index contributed by atoms with van der Waals surface area (Å²) in [5.41, 5.74) is -0.0422. The third-order valence-electron chi connectivity index (χ3n) is 8.02. The number of thiophene rings is 1. The lowest BCUT2D eigenvalue weighted by molar-refractivity contribution is -0.126. The largest absolute Gasteiger partial charge is 0.370 e. The van der Waals surface area contributed by atoms with Crippen molar-refractivity contribution in [3.63, 3.8) is 0 Å². The Morgan fingerprint density at radius 3 is 2.52 bits per heavy atom. The molecule has 3 amide bonds. The van der Waals surface area contributed by atoms with Gasteiger partial charge >= 0.3 is 0 Å². The molecule has 3 fully saturated rings. The SMILES string of the molecule is O=C(NC[C@@H](C(=O)Nc1ccc(N2CCOCC2=O)cc1C(F)F)N(CC1CCC1)C1CCC1)c1ccc(Cl)s1. The predicted octanol–water partition coefficient (Wildman–Crippen LogP) is 5.09. The van der Waals surface area contributed by atoms with E-state index in [0.29, 0.717) is 27.4 Å². The summed E-state index contributed by atoms with van der Waals surface area (Å²) in [6.07, 6.45) is 3.45. The zero-order valence-corrected chi connectivity index (χ0v) is 23.6. The van der Waals surface area contributed by atoms with Crippen LogP contribution in [0.1, 0.15) is 60.2 Å². The Kier molecular flexibility index (Phi) is 9.34. The van der Waals surface area contributed by atoms with Gasteiger partial charge in [0.2, 0.25) is 5.91 Å². The number of amides is 3. The molecule has 5 rings (SSSR count). The number of halogens is 3. The molecule has 1 saturated heterocycles. The molecule has 0 spiro atoms. The van der Waals surface area contributed by atoms with E-state index in [1.807, 2.05) is 0 Å². The van der Waals surface area contributed by atoms with Crippen LogP contribution in [-0.4, -0.2) is 67.6 Å². The van der Waals surface area contributed by atoms with Crippen molar-refractivity contribution >= 4 is 52.0 Å². The number of hydrogen-bond donors (Lipinski definition) is 2. The average molecular weight is 595 g/mol. The molecule has 0 bridgehead atoms. The third kappa shape index (κ3) is 6.64. The number of anilines is 2. The van der Waals surface area contributed by atoms with E-state index in [1.165, 1.54) is 17.0 Å². The highest BCUT2D eigenvalue weighted by Gasteiger charge is 2.37. The standard InChI is InChI=1S/C28H33ClF2N4O4S/c29-24-10-9-23(40-24)28(38)32-14-22(35(18-5-2-6-18)15-17-3-1-4-17)27(37)33-21-8-7-19(13-20(21)26(30)31)34-11-12-39-16-25(34)36/h7-10,13,17-18,22,26H,1-6,11-12,14-16H2,(H,32,38)(H,33,37)/t22-/m0/s1. The van der Waals surface area contributed by atoms with Gasteiger partial charge in [0.05, 0.1) is 15.8 Å². The van der Waals surface area contributed by atoms with E-state index in [4.69, 9.17) is 16.3 Å². The number of benzene rings is 1. The van der Waals surface area contributed by atoms with E-state index in [-0.39, 0.29) is 48.8 Å². The van der Waals surface area contributed by atoms with Gasteiger partial charge < -0.3 is 20.3 Å². The summed E-state index contributed by atoms with van der Waals surface area (Å²) in [6, 6.07) is 6.96. The van der Waals surface area contributed by atoms with Gasteiger partial charge in [-0.1, -0.05) is 24.4 Å². The molecule has 1 aromatic heterocycles. The average Bonchev–Trinajstić information content (AvgIpc) is 3.31. The second kappa shape index (κ2) is 12.9. The molecule has 8 nitrogen and oxygen atoms in total. The first kappa shape index (κ1) is 28.9. The van der Waals surface area contributed by atoms with Crippen molar-refractivity contribution < 1.29 is 27.9 Å². The second-order valence-electron chi connectivity index (χ2n) is 10.6. The molecular formula is C28H33ClF2N4O4S. The number of morpholine rings is 1. The van der Waals surface area contributed by atoms with Crippen LogP contribution < -0.4 is 15.5 Å². The Balaban J connectivity index is 1.37. The van der Waals surface area contributed by atoms with Gasteiger partial charge in [-0.05, 0) is 61.9 Å². The zero-order valence-electron chi connectivity index (χ0n) is 22.0. The highest BCUT2D eigenvalue weighted by atomic mass is 35.5. The maximum Gasteiger partial charge on any atom is 0.265 e. The molecule has 0 unspecified atom stereocenters. The summed E-state index contributed by atoms with van der Waals surface area (Å²) in [6.45, 7) is 1.24. The van der Waals surface area contributed by atoms with Gasteiger partial charge in [0, 0.05) is 42.6 Å². The number of alkyl halides is 2. The summed E-state index contributed by atoms with van der Waals surface area (Å²) >= 11 is 7.14. The molecule has 40 heavy (non-hydrogen) atoms. The molecule has 1 aromatic carbocycles. The van der Waals surface area contributed by atoms with Crippen molar-refractivity contribution in [1.29, 1.82) is 0 Å². The van der Waals surface area contributed by atoms with Crippen molar-refractivity contribution in [1.82, 2.24) is 10.2 Å². The highest BCUT2D eigenvalue weighted by Crippen LogP contribution is 2.35. The fourth-order valence-corrected chi connectivity index (χ4v) is 6.27. The molecule has 3 aliphatic rings. The maximum absolute atomic E-state index is 14.2. The number of rotatable bonds is 11. The van der Waals surface area contributed by atoms with Crippen molar-refractivity contribution in [3.8, 4) is 0 Å². The van der Waals surface area contributed by atoms with Crippen molar-refractivity contribution in [2.75, 3.05) is 43.1 Å². The van der Waals surface area contributed by atoms with Gasteiger partial charge in [0.25, 0.3) is 18.2 Å². The van der Waals surface area contributed by atoms with Crippen LogP contribution in [0.3, 0.4) is 0 Å². The lowest BCUT2D eigenvalue weighted by Gasteiger charge is -2.45. The van der Waals surface area contributed by atoms with E-state index in [9.17, 15) is 23.2 Å². The summed E-state index contributed by atoms with van der Waals surface area (Å²) in [4.78, 5) is 42.9. The van der Waals surface area contributed by atoms with Gasteiger partial charge in [-0.25, -0.2) is 8.78 Å². The molecule has 2 heterocycles. The summed E-state index contributed by atoms with van der Waals surface area (Å²) in [5, 5.41) is 5.61. The smallest absolute Gasteiger partial charge is 0.265 e. The minimum atomic E-state index is -2.87. The van der Waals surface area contributed by atoms with E-state index >= 15 is 0 Å². The fraction of sp³-hybridized carbons (Fsp3) is 0.536. The molecule has 2 aliphatic carbocycles. The molecule has 2 saturated carbocycles. The van der Waals surface area contributed by atoms with Crippen molar-refractivity contribution in [2.24, 2.45) is 5.92 Å². The lowest BCUT2D eigenvalue weighted by Crippen LogP contribution is -2.57. The minimum Gasteiger partial charge on any atom is -0.370 e. The monoisotopic (exact) mass is 594 g/mol. The van der Waals surface area contributed by atoms with Crippen LogP contribution in [-0.2, 0) is 14.3 Å². The van der Waals surface area contributed by atoms with Crippen LogP contribution in [0.15, 0.2) is 30.3 Å². The second-order valence-corrected chi connectivity index (χ2v) is 12.3. The van der Waals surface area contributed by atoms with Crippen LogP contribution in [0.5, 0.6) is 0 Å². The molecule has 0 radical (unpaired) electrons. The summed E-state index contributed by atoms with van der Waals surface area (Å²) < 4.78 is 34.0. The minimum absolute atomic E-state index is 0.0111. The van der Waals surface area contributed by atoms with Crippen LogP contribution >= 0.6 is 22.9 Å². The normalized spacial score (nSPS) is 18.9. The molecule has 2 N–H and O–H groups in total. The molecule has 1 aliphatic heterocycles. The first-order valence-electron chi connectivity index (χ1n) is 13.7.